The van der Waals surface area contributed by atoms with Gasteiger partial charge in [0.1, 0.15) is 23.2 Å². The lowest BCUT2D eigenvalue weighted by atomic mass is 10.1. The molecule has 4 aromatic heterocycles. The summed E-state index contributed by atoms with van der Waals surface area (Å²) in [6.45, 7) is 0. The van der Waals surface area contributed by atoms with E-state index in [2.05, 4.69) is 25.4 Å². The molecule has 36 heavy (non-hydrogen) atoms. The number of nitrogens with two attached hydrogens (primary N) is 1. The van der Waals surface area contributed by atoms with E-state index in [4.69, 9.17) is 10.7 Å². The summed E-state index contributed by atoms with van der Waals surface area (Å²) in [6.07, 6.45) is 3.22. The minimum Gasteiger partial charge on any atom is -0.382 e. The van der Waals surface area contributed by atoms with E-state index < -0.39 is 11.4 Å². The van der Waals surface area contributed by atoms with Gasteiger partial charge in [-0.2, -0.15) is 10.4 Å². The Labute approximate surface area is 209 Å². The van der Waals surface area contributed by atoms with Crippen LogP contribution in [0.3, 0.4) is 0 Å². The fourth-order valence-electron chi connectivity index (χ4n) is 4.15. The normalized spacial score (nSPS) is 13.9. The molecule has 0 radical (unpaired) electrons. The van der Waals surface area contributed by atoms with Gasteiger partial charge in [-0.25, -0.2) is 19.9 Å². The number of benzene rings is 1. The number of pyridine rings is 1. The number of nitrogens with zero attached hydrogens (tertiary/aromatic N) is 7. The van der Waals surface area contributed by atoms with Gasteiger partial charge < -0.3 is 11.1 Å². The maximum Gasteiger partial charge on any atom is 0.274 e. The summed E-state index contributed by atoms with van der Waals surface area (Å²) < 4.78 is 2.66. The van der Waals surface area contributed by atoms with Crippen LogP contribution in [0.1, 0.15) is 34.7 Å². The van der Waals surface area contributed by atoms with E-state index in [1.165, 1.54) is 11.3 Å². The van der Waals surface area contributed by atoms with Crippen LogP contribution in [0.25, 0.3) is 32.9 Å². The molecule has 4 heterocycles. The van der Waals surface area contributed by atoms with Gasteiger partial charge in [-0.1, -0.05) is 12.1 Å². The third kappa shape index (κ3) is 3.73. The number of hydrogen-bond acceptors (Lipinski definition) is 9. The molecule has 1 aromatic carbocycles. The monoisotopic (exact) mass is 493 g/mol. The number of aromatic nitrogens is 6. The second-order valence-corrected chi connectivity index (χ2v) is 9.51. The molecule has 5 aromatic rings. The zero-order valence-electron chi connectivity index (χ0n) is 19.1. The van der Waals surface area contributed by atoms with Crippen molar-refractivity contribution in [2.45, 2.75) is 18.4 Å². The number of nitriles is 1. The van der Waals surface area contributed by atoms with E-state index in [0.717, 1.165) is 15.8 Å². The Morgan fingerprint density at radius 1 is 1.17 bits per heavy atom. The number of amides is 1. The molecule has 1 aliphatic rings. The van der Waals surface area contributed by atoms with Crippen molar-refractivity contribution in [3.8, 4) is 28.7 Å². The average molecular weight is 494 g/mol. The number of carbonyl (C=O) groups is 1. The second-order valence-electron chi connectivity index (χ2n) is 8.62. The molecule has 3 N–H and O–H groups in total. The van der Waals surface area contributed by atoms with Crippen LogP contribution in [0.2, 0.25) is 0 Å². The van der Waals surface area contributed by atoms with Crippen molar-refractivity contribution >= 4 is 33.3 Å². The molecule has 11 heteroatoms. The van der Waals surface area contributed by atoms with Gasteiger partial charge in [0.25, 0.3) is 5.91 Å². The van der Waals surface area contributed by atoms with Gasteiger partial charge in [0.05, 0.1) is 32.7 Å². The Morgan fingerprint density at radius 3 is 2.78 bits per heavy atom. The molecule has 0 atom stereocenters. The van der Waals surface area contributed by atoms with Crippen LogP contribution in [0.4, 0.5) is 5.82 Å². The molecule has 0 spiro atoms. The van der Waals surface area contributed by atoms with Gasteiger partial charge in [0.2, 0.25) is 0 Å². The molecule has 176 valence electrons. The summed E-state index contributed by atoms with van der Waals surface area (Å²) in [5, 5.41) is 16.7. The lowest BCUT2D eigenvalue weighted by Gasteiger charge is -2.18. The minimum absolute atomic E-state index is 0.00491. The van der Waals surface area contributed by atoms with E-state index in [0.29, 0.717) is 41.3 Å². The number of thiazole rings is 1. The van der Waals surface area contributed by atoms with Gasteiger partial charge in [-0.15, -0.1) is 11.3 Å². The van der Waals surface area contributed by atoms with Gasteiger partial charge in [0, 0.05) is 18.8 Å². The Hall–Kier alpha value is -4.69. The molecule has 6 rings (SSSR count). The smallest absolute Gasteiger partial charge is 0.274 e. The summed E-state index contributed by atoms with van der Waals surface area (Å²) in [5.41, 5.74) is 11.6. The van der Waals surface area contributed by atoms with Crippen LogP contribution in [-0.4, -0.2) is 35.6 Å². The van der Waals surface area contributed by atoms with Gasteiger partial charge in [-0.3, -0.25) is 9.48 Å². The number of fused-ring (bicyclic) bond motifs is 1. The third-order valence-corrected chi connectivity index (χ3v) is 6.95. The topological polar surface area (TPSA) is 148 Å². The molecule has 1 saturated carbocycles. The maximum absolute atomic E-state index is 13.4. The largest absolute Gasteiger partial charge is 0.382 e. The first-order valence-corrected chi connectivity index (χ1v) is 12.0. The van der Waals surface area contributed by atoms with Crippen molar-refractivity contribution in [2.24, 2.45) is 7.05 Å². The van der Waals surface area contributed by atoms with Crippen molar-refractivity contribution in [3.63, 3.8) is 0 Å². The average Bonchev–Trinajstić information content (AvgIpc) is 3.30. The van der Waals surface area contributed by atoms with E-state index in [1.807, 2.05) is 49.6 Å². The summed E-state index contributed by atoms with van der Waals surface area (Å²) in [5.74, 6) is -0.445. The molecule has 1 fully saturated rings. The second kappa shape index (κ2) is 8.21. The zero-order valence-corrected chi connectivity index (χ0v) is 20.0. The number of anilines is 1. The summed E-state index contributed by atoms with van der Waals surface area (Å²) in [7, 11) is 1.82. The highest BCUT2D eigenvalue weighted by Gasteiger charge is 2.47. The van der Waals surface area contributed by atoms with E-state index in [-0.39, 0.29) is 11.5 Å². The predicted octanol–water partition coefficient (Wildman–Crippen LogP) is 3.42. The van der Waals surface area contributed by atoms with E-state index >= 15 is 0 Å². The molecule has 0 aliphatic heterocycles. The van der Waals surface area contributed by atoms with Crippen LogP contribution in [0.15, 0.2) is 54.2 Å². The van der Waals surface area contributed by atoms with Crippen molar-refractivity contribution < 1.29 is 4.79 Å². The van der Waals surface area contributed by atoms with Gasteiger partial charge in [0.15, 0.2) is 11.5 Å². The maximum atomic E-state index is 13.4. The number of hydrogen-bond donors (Lipinski definition) is 2. The number of rotatable bonds is 5. The number of nitrogens with one attached hydrogen (secondary N) is 1. The fourth-order valence-corrected chi connectivity index (χ4v) is 4.87. The molecule has 0 unspecified atom stereocenters. The number of carbonyl (C=O) groups excluding carboxylic acids is 1. The number of aryl methyl sites for hydroxylation is 1. The SMILES string of the molecule is Cn1ccc(-c2nc(N)c(C(=O)NC3(c4cccc(C#N)n4)CC3)nc2-c2ccc3ncsc3c2)n1. The minimum atomic E-state index is -0.653. The number of nitrogen functional groups attached to an aromatic ring is 1. The fraction of sp³-hybridized carbons (Fsp3) is 0.160. The van der Waals surface area contributed by atoms with Crippen molar-refractivity contribution in [2.75, 3.05) is 5.73 Å². The van der Waals surface area contributed by atoms with Crippen LogP contribution >= 0.6 is 11.3 Å². The van der Waals surface area contributed by atoms with Crippen molar-refractivity contribution in [1.82, 2.24) is 35.0 Å². The Bertz CT molecular complexity index is 1690. The standard InChI is InChI=1S/C25H19N9OS/c1-34-10-7-17(33-34)21-20(14-5-6-16-18(11-14)36-13-28-16)30-22(23(27)31-21)24(35)32-25(8-9-25)19-4-2-3-15(12-26)29-19/h2-7,10-11,13H,8-9H2,1H3,(H2,27,31)(H,32,35). The van der Waals surface area contributed by atoms with Crippen molar-refractivity contribution in [3.05, 3.63) is 71.3 Å². The van der Waals surface area contributed by atoms with E-state index in [9.17, 15) is 10.1 Å². The van der Waals surface area contributed by atoms with Gasteiger partial charge >= 0.3 is 0 Å². The highest BCUT2D eigenvalue weighted by atomic mass is 32.1. The Kier molecular flexibility index (Phi) is 4.98. The quantitative estimate of drug-likeness (QED) is 0.378. The highest BCUT2D eigenvalue weighted by Crippen LogP contribution is 2.45. The Balaban J connectivity index is 1.43. The highest BCUT2D eigenvalue weighted by molar-refractivity contribution is 7.16. The first kappa shape index (κ1) is 21.8. The van der Waals surface area contributed by atoms with Crippen LogP contribution in [0.5, 0.6) is 0 Å². The Morgan fingerprint density at radius 2 is 2.03 bits per heavy atom. The lowest BCUT2D eigenvalue weighted by Crippen LogP contribution is -2.36. The predicted molar refractivity (Wildman–Crippen MR) is 135 cm³/mol. The molecular formula is C25H19N9OS. The zero-order chi connectivity index (χ0) is 24.9. The molecular weight excluding hydrogens is 474 g/mol. The molecule has 10 nitrogen and oxygen atoms in total. The van der Waals surface area contributed by atoms with Crippen molar-refractivity contribution in [1.29, 1.82) is 5.26 Å². The molecule has 1 amide bonds. The summed E-state index contributed by atoms with van der Waals surface area (Å²) >= 11 is 1.52. The van der Waals surface area contributed by atoms with Crippen LogP contribution < -0.4 is 11.1 Å². The molecule has 0 bridgehead atoms. The first-order valence-electron chi connectivity index (χ1n) is 11.2. The first-order chi connectivity index (χ1) is 17.5. The van der Waals surface area contributed by atoms with Gasteiger partial charge in [-0.05, 0) is 43.2 Å². The lowest BCUT2D eigenvalue weighted by molar-refractivity contribution is 0.0925. The molecule has 0 saturated heterocycles. The summed E-state index contributed by atoms with van der Waals surface area (Å²) in [6, 6.07) is 14.9. The van der Waals surface area contributed by atoms with E-state index in [1.54, 1.807) is 22.3 Å². The molecule has 1 aliphatic carbocycles. The van der Waals surface area contributed by atoms with Crippen LogP contribution in [-0.2, 0) is 12.6 Å². The summed E-state index contributed by atoms with van der Waals surface area (Å²) in [4.78, 5) is 31.5. The third-order valence-electron chi connectivity index (χ3n) is 6.16. The van der Waals surface area contributed by atoms with Crippen LogP contribution in [0, 0.1) is 11.3 Å².